The van der Waals surface area contributed by atoms with Gasteiger partial charge in [-0.15, -0.1) is 0 Å². The van der Waals surface area contributed by atoms with E-state index in [1.807, 2.05) is 30.3 Å². The van der Waals surface area contributed by atoms with Crippen molar-refractivity contribution >= 4 is 16.9 Å². The van der Waals surface area contributed by atoms with Gasteiger partial charge in [0, 0.05) is 5.75 Å². The van der Waals surface area contributed by atoms with Gasteiger partial charge in [0.1, 0.15) is 0 Å². The number of aliphatic hydroxyl groups excluding tert-OH is 1. The summed E-state index contributed by atoms with van der Waals surface area (Å²) >= 11 is 1.15. The number of benzene rings is 1. The molecular formula is C9H12N2OS. The Morgan fingerprint density at radius 1 is 1.46 bits per heavy atom. The van der Waals surface area contributed by atoms with E-state index in [2.05, 4.69) is 0 Å². The zero-order valence-corrected chi connectivity index (χ0v) is 7.92. The van der Waals surface area contributed by atoms with Crippen LogP contribution < -0.4 is 5.73 Å². The first-order valence-corrected chi connectivity index (χ1v) is 4.88. The van der Waals surface area contributed by atoms with Gasteiger partial charge in [0.15, 0.2) is 5.17 Å². The van der Waals surface area contributed by atoms with Gasteiger partial charge in [0.25, 0.3) is 0 Å². The van der Waals surface area contributed by atoms with Gasteiger partial charge in [0.2, 0.25) is 0 Å². The van der Waals surface area contributed by atoms with Gasteiger partial charge in [0.05, 0.1) is 6.10 Å². The minimum Gasteiger partial charge on any atom is -0.388 e. The number of rotatable bonds is 3. The van der Waals surface area contributed by atoms with E-state index in [1.165, 1.54) is 0 Å². The highest BCUT2D eigenvalue weighted by Crippen LogP contribution is 2.16. The van der Waals surface area contributed by atoms with Crippen molar-refractivity contribution in [2.24, 2.45) is 5.73 Å². The van der Waals surface area contributed by atoms with Crippen LogP contribution in [0.3, 0.4) is 0 Å². The van der Waals surface area contributed by atoms with Crippen molar-refractivity contribution in [1.29, 1.82) is 5.41 Å². The Hall–Kier alpha value is -1.00. The fourth-order valence-electron chi connectivity index (χ4n) is 0.940. The highest BCUT2D eigenvalue weighted by Gasteiger charge is 2.06. The summed E-state index contributed by atoms with van der Waals surface area (Å²) in [6.07, 6.45) is -0.546. The monoisotopic (exact) mass is 196 g/mol. The van der Waals surface area contributed by atoms with E-state index in [-0.39, 0.29) is 5.17 Å². The summed E-state index contributed by atoms with van der Waals surface area (Å²) in [5, 5.41) is 16.6. The van der Waals surface area contributed by atoms with Gasteiger partial charge >= 0.3 is 0 Å². The Morgan fingerprint density at radius 2 is 2.08 bits per heavy atom. The van der Waals surface area contributed by atoms with Crippen molar-refractivity contribution < 1.29 is 5.11 Å². The van der Waals surface area contributed by atoms with Crippen molar-refractivity contribution in [3.63, 3.8) is 0 Å². The quantitative estimate of drug-likeness (QED) is 0.505. The van der Waals surface area contributed by atoms with Crippen molar-refractivity contribution in [1.82, 2.24) is 0 Å². The molecule has 0 amide bonds. The first kappa shape index (κ1) is 10.1. The van der Waals surface area contributed by atoms with Gasteiger partial charge in [-0.1, -0.05) is 42.1 Å². The first-order chi connectivity index (χ1) is 6.20. The van der Waals surface area contributed by atoms with Gasteiger partial charge in [-0.3, -0.25) is 5.41 Å². The molecule has 70 valence electrons. The zero-order chi connectivity index (χ0) is 9.68. The second kappa shape index (κ2) is 4.89. The molecule has 0 aromatic heterocycles. The van der Waals surface area contributed by atoms with Gasteiger partial charge in [-0.05, 0) is 5.56 Å². The predicted molar refractivity (Wildman–Crippen MR) is 55.8 cm³/mol. The fraction of sp³-hybridized carbons (Fsp3) is 0.222. The maximum Gasteiger partial charge on any atom is 0.151 e. The smallest absolute Gasteiger partial charge is 0.151 e. The molecule has 3 nitrogen and oxygen atoms in total. The lowest BCUT2D eigenvalue weighted by molar-refractivity contribution is 0.204. The molecule has 4 N–H and O–H groups in total. The third-order valence-corrected chi connectivity index (χ3v) is 2.37. The largest absolute Gasteiger partial charge is 0.388 e. The molecule has 1 aromatic carbocycles. The number of nitrogens with one attached hydrogen (secondary N) is 1. The van der Waals surface area contributed by atoms with Crippen LogP contribution in [0.1, 0.15) is 11.7 Å². The van der Waals surface area contributed by atoms with Crippen LogP contribution in [0.5, 0.6) is 0 Å². The van der Waals surface area contributed by atoms with Crippen molar-refractivity contribution in [3.05, 3.63) is 35.9 Å². The second-order valence-corrected chi connectivity index (χ2v) is 3.66. The third-order valence-electron chi connectivity index (χ3n) is 1.58. The summed E-state index contributed by atoms with van der Waals surface area (Å²) in [5.41, 5.74) is 6.01. The number of thioether (sulfide) groups is 1. The van der Waals surface area contributed by atoms with Crippen LogP contribution in [0.2, 0.25) is 0 Å². The normalized spacial score (nSPS) is 12.4. The molecule has 4 heteroatoms. The van der Waals surface area contributed by atoms with Crippen LogP contribution in [0.25, 0.3) is 0 Å². The molecule has 1 atom stereocenters. The van der Waals surface area contributed by atoms with Crippen molar-refractivity contribution in [2.45, 2.75) is 6.10 Å². The van der Waals surface area contributed by atoms with E-state index in [0.29, 0.717) is 5.75 Å². The third kappa shape index (κ3) is 3.48. The Balaban J connectivity index is 2.49. The number of nitrogens with two attached hydrogens (primary N) is 1. The molecule has 13 heavy (non-hydrogen) atoms. The molecule has 0 aliphatic rings. The van der Waals surface area contributed by atoms with Crippen molar-refractivity contribution in [3.8, 4) is 0 Å². The highest BCUT2D eigenvalue weighted by molar-refractivity contribution is 8.13. The van der Waals surface area contributed by atoms with Crippen LogP contribution >= 0.6 is 11.8 Å². The van der Waals surface area contributed by atoms with Gasteiger partial charge in [-0.2, -0.15) is 0 Å². The number of amidine groups is 1. The average molecular weight is 196 g/mol. The molecule has 0 aliphatic carbocycles. The summed E-state index contributed by atoms with van der Waals surface area (Å²) < 4.78 is 0. The predicted octanol–water partition coefficient (Wildman–Crippen LogP) is 1.35. The van der Waals surface area contributed by atoms with Crippen LogP contribution in [0.4, 0.5) is 0 Å². The number of aliphatic hydroxyl groups is 1. The lowest BCUT2D eigenvalue weighted by atomic mass is 10.1. The first-order valence-electron chi connectivity index (χ1n) is 3.90. The van der Waals surface area contributed by atoms with Crippen LogP contribution in [0, 0.1) is 5.41 Å². The molecular weight excluding hydrogens is 184 g/mol. The molecule has 0 bridgehead atoms. The molecule has 0 fully saturated rings. The van der Waals surface area contributed by atoms with Crippen LogP contribution in [-0.2, 0) is 0 Å². The minimum atomic E-state index is -0.546. The Kier molecular flexibility index (Phi) is 3.79. The minimum absolute atomic E-state index is 0.0370. The summed E-state index contributed by atoms with van der Waals surface area (Å²) in [6, 6.07) is 9.35. The molecule has 1 rings (SSSR count). The second-order valence-electron chi connectivity index (χ2n) is 2.60. The summed E-state index contributed by atoms with van der Waals surface area (Å²) in [5.74, 6) is 0.430. The van der Waals surface area contributed by atoms with Gasteiger partial charge in [-0.25, -0.2) is 0 Å². The zero-order valence-electron chi connectivity index (χ0n) is 7.10. The van der Waals surface area contributed by atoms with Crippen LogP contribution in [-0.4, -0.2) is 16.0 Å². The number of hydrogen-bond donors (Lipinski definition) is 3. The Labute approximate surface area is 81.5 Å². The molecule has 0 radical (unpaired) electrons. The van der Waals surface area contributed by atoms with E-state index in [4.69, 9.17) is 11.1 Å². The van der Waals surface area contributed by atoms with E-state index in [1.54, 1.807) is 0 Å². The summed E-state index contributed by atoms with van der Waals surface area (Å²) in [6.45, 7) is 0. The molecule has 0 aliphatic heterocycles. The molecule has 1 unspecified atom stereocenters. The highest BCUT2D eigenvalue weighted by atomic mass is 32.2. The maximum absolute atomic E-state index is 9.60. The average Bonchev–Trinajstić information content (AvgIpc) is 2.15. The van der Waals surface area contributed by atoms with E-state index in [9.17, 15) is 5.11 Å². The van der Waals surface area contributed by atoms with E-state index < -0.39 is 6.10 Å². The maximum atomic E-state index is 9.60. The fourth-order valence-corrected chi connectivity index (χ4v) is 1.47. The summed E-state index contributed by atoms with van der Waals surface area (Å²) in [4.78, 5) is 0. The molecule has 1 aromatic rings. The molecule has 0 saturated carbocycles. The number of hydrogen-bond acceptors (Lipinski definition) is 3. The van der Waals surface area contributed by atoms with Crippen LogP contribution in [0.15, 0.2) is 30.3 Å². The molecule has 0 heterocycles. The van der Waals surface area contributed by atoms with E-state index >= 15 is 0 Å². The SMILES string of the molecule is N=C(N)SCC(O)c1ccccc1. The topological polar surface area (TPSA) is 70.1 Å². The Bertz CT molecular complexity index is 276. The Morgan fingerprint density at radius 3 is 2.62 bits per heavy atom. The van der Waals surface area contributed by atoms with E-state index in [0.717, 1.165) is 17.3 Å². The molecule has 0 saturated heterocycles. The lowest BCUT2D eigenvalue weighted by Gasteiger charge is -2.08. The summed E-state index contributed by atoms with van der Waals surface area (Å²) in [7, 11) is 0. The lowest BCUT2D eigenvalue weighted by Crippen LogP contribution is -2.08. The standard InChI is InChI=1S/C9H12N2OS/c10-9(11)13-6-8(12)7-4-2-1-3-5-7/h1-5,8,12H,6H2,(H3,10,11). The van der Waals surface area contributed by atoms with Crippen molar-refractivity contribution in [2.75, 3.05) is 5.75 Å². The molecule has 0 spiro atoms. The van der Waals surface area contributed by atoms with Gasteiger partial charge < -0.3 is 10.8 Å².